The Morgan fingerprint density at radius 2 is 1.73 bits per heavy atom. The molecule has 0 aliphatic heterocycles. The minimum atomic E-state index is -4.51. The van der Waals surface area contributed by atoms with Crippen molar-refractivity contribution in [2.75, 3.05) is 28.6 Å². The first kappa shape index (κ1) is 19.7. The summed E-state index contributed by atoms with van der Waals surface area (Å²) in [6.45, 7) is 3.32. The van der Waals surface area contributed by atoms with Gasteiger partial charge in [0.1, 0.15) is 0 Å². The van der Waals surface area contributed by atoms with E-state index in [4.69, 9.17) is 0 Å². The highest BCUT2D eigenvalue weighted by Gasteiger charge is 2.34. The van der Waals surface area contributed by atoms with E-state index in [9.17, 15) is 22.8 Å². The number of hydrogen-bond acceptors (Lipinski definition) is 5. The van der Waals surface area contributed by atoms with E-state index in [1.54, 1.807) is 31.2 Å². The summed E-state index contributed by atoms with van der Waals surface area (Å²) in [5.41, 5.74) is 0.133. The van der Waals surface area contributed by atoms with Crippen molar-refractivity contribution in [3.8, 4) is 0 Å². The van der Waals surface area contributed by atoms with E-state index in [1.165, 1.54) is 11.8 Å². The molecule has 0 spiro atoms. The van der Waals surface area contributed by atoms with Gasteiger partial charge in [0.25, 0.3) is 0 Å². The molecule has 0 aliphatic carbocycles. The topological polar surface area (TPSA) is 74.3 Å². The number of carbonyl (C=O) groups excluding carboxylic acids is 2. The van der Waals surface area contributed by atoms with Gasteiger partial charge in [0.15, 0.2) is 10.8 Å². The third-order valence-electron chi connectivity index (χ3n) is 3.26. The molecule has 0 aliphatic rings. The number of carbonyl (C=O) groups is 2. The van der Waals surface area contributed by atoms with E-state index in [2.05, 4.69) is 15.6 Å². The summed E-state index contributed by atoms with van der Waals surface area (Å²) >= 11 is 0.840. The predicted molar refractivity (Wildman–Crippen MR) is 94.4 cm³/mol. The number of nitrogens with one attached hydrogen (secondary N) is 2. The molecule has 0 saturated carbocycles. The van der Waals surface area contributed by atoms with Crippen LogP contribution in [-0.4, -0.2) is 29.9 Å². The zero-order valence-corrected chi connectivity index (χ0v) is 14.9. The first-order valence-corrected chi connectivity index (χ1v) is 8.52. The molecule has 0 atom stereocenters. The minimum absolute atomic E-state index is 0.130. The number of alkyl halides is 3. The molecule has 0 bridgehead atoms. The number of amides is 2. The van der Waals surface area contributed by atoms with E-state index in [-0.39, 0.29) is 23.5 Å². The molecule has 0 fully saturated rings. The van der Waals surface area contributed by atoms with Gasteiger partial charge in [0, 0.05) is 30.2 Å². The molecule has 2 N–H and O–H groups in total. The zero-order valence-electron chi connectivity index (χ0n) is 14.1. The third-order valence-corrected chi connectivity index (χ3v) is 4.16. The second kappa shape index (κ2) is 8.17. The SMILES string of the molecule is CCN(CC(=O)Nc1ccc(NC(C)=O)cc1)c1nc(C(F)(F)F)cs1. The van der Waals surface area contributed by atoms with Crippen molar-refractivity contribution in [1.29, 1.82) is 0 Å². The van der Waals surface area contributed by atoms with Crippen molar-refractivity contribution < 1.29 is 22.8 Å². The lowest BCUT2D eigenvalue weighted by molar-refractivity contribution is -0.140. The summed E-state index contributed by atoms with van der Waals surface area (Å²) < 4.78 is 38.0. The molecule has 0 radical (unpaired) electrons. The summed E-state index contributed by atoms with van der Waals surface area (Å²) in [7, 11) is 0. The molecule has 2 amide bonds. The molecule has 2 rings (SSSR count). The summed E-state index contributed by atoms with van der Waals surface area (Å²) in [4.78, 5) is 28.1. The van der Waals surface area contributed by atoms with Crippen LogP contribution in [0.4, 0.5) is 29.7 Å². The Morgan fingerprint density at radius 3 is 2.19 bits per heavy atom. The smallest absolute Gasteiger partial charge is 0.339 e. The molecule has 26 heavy (non-hydrogen) atoms. The summed E-state index contributed by atoms with van der Waals surface area (Å²) in [6, 6.07) is 6.49. The van der Waals surface area contributed by atoms with Crippen molar-refractivity contribution in [2.45, 2.75) is 20.0 Å². The van der Waals surface area contributed by atoms with Crippen molar-refractivity contribution >= 4 is 39.7 Å². The number of halogens is 3. The summed E-state index contributed by atoms with van der Waals surface area (Å²) in [5.74, 6) is -0.593. The van der Waals surface area contributed by atoms with Crippen LogP contribution in [0.25, 0.3) is 0 Å². The van der Waals surface area contributed by atoms with E-state index in [1.807, 2.05) is 0 Å². The number of hydrogen-bond donors (Lipinski definition) is 2. The molecule has 6 nitrogen and oxygen atoms in total. The molecule has 1 heterocycles. The molecule has 10 heteroatoms. The summed E-state index contributed by atoms with van der Waals surface area (Å²) in [6.07, 6.45) is -4.51. The van der Waals surface area contributed by atoms with Gasteiger partial charge in [-0.15, -0.1) is 11.3 Å². The van der Waals surface area contributed by atoms with Gasteiger partial charge in [-0.3, -0.25) is 9.59 Å². The van der Waals surface area contributed by atoms with Crippen LogP contribution in [0.5, 0.6) is 0 Å². The Morgan fingerprint density at radius 1 is 1.15 bits per heavy atom. The average molecular weight is 386 g/mol. The standard InChI is InChI=1S/C16H17F3N4O2S/c1-3-23(15-22-13(9-26-15)16(17,18)19)8-14(25)21-12-6-4-11(5-7-12)20-10(2)24/h4-7,9H,3,8H2,1-2H3,(H,20,24)(H,21,25). The maximum absolute atomic E-state index is 12.7. The van der Waals surface area contributed by atoms with Gasteiger partial charge in [-0.05, 0) is 31.2 Å². The average Bonchev–Trinajstić information content (AvgIpc) is 3.04. The fourth-order valence-electron chi connectivity index (χ4n) is 2.07. The largest absolute Gasteiger partial charge is 0.434 e. The van der Waals surface area contributed by atoms with Crippen LogP contribution in [0.3, 0.4) is 0 Å². The predicted octanol–water partition coefficient (Wildman–Crippen LogP) is 3.59. The van der Waals surface area contributed by atoms with E-state index < -0.39 is 11.9 Å². The third kappa shape index (κ3) is 5.45. The molecule has 1 aromatic carbocycles. The maximum Gasteiger partial charge on any atom is 0.434 e. The van der Waals surface area contributed by atoms with Crippen LogP contribution in [0.2, 0.25) is 0 Å². The lowest BCUT2D eigenvalue weighted by atomic mass is 10.2. The number of likely N-dealkylation sites (N-methyl/N-ethyl adjacent to an activating group) is 1. The number of anilines is 3. The highest BCUT2D eigenvalue weighted by molar-refractivity contribution is 7.13. The van der Waals surface area contributed by atoms with Gasteiger partial charge in [-0.1, -0.05) is 0 Å². The van der Waals surface area contributed by atoms with Crippen molar-refractivity contribution in [1.82, 2.24) is 4.98 Å². The number of benzene rings is 1. The molecule has 140 valence electrons. The Kier molecular flexibility index (Phi) is 6.19. The second-order valence-corrected chi connectivity index (χ2v) is 6.17. The van der Waals surface area contributed by atoms with Crippen LogP contribution < -0.4 is 15.5 Å². The zero-order chi connectivity index (χ0) is 19.3. The second-order valence-electron chi connectivity index (χ2n) is 5.33. The van der Waals surface area contributed by atoms with E-state index in [0.29, 0.717) is 17.9 Å². The van der Waals surface area contributed by atoms with Gasteiger partial charge in [-0.2, -0.15) is 13.2 Å². The molecule has 2 aromatic rings. The molecule has 0 unspecified atom stereocenters. The minimum Gasteiger partial charge on any atom is -0.339 e. The Labute approximate surface area is 152 Å². The summed E-state index contributed by atoms with van der Waals surface area (Å²) in [5, 5.41) is 6.32. The maximum atomic E-state index is 12.7. The monoisotopic (exact) mass is 386 g/mol. The highest BCUT2D eigenvalue weighted by Crippen LogP contribution is 2.32. The van der Waals surface area contributed by atoms with Crippen molar-refractivity contribution in [3.05, 3.63) is 35.3 Å². The normalized spacial score (nSPS) is 11.1. The number of aromatic nitrogens is 1. The highest BCUT2D eigenvalue weighted by atomic mass is 32.1. The molecule has 1 aromatic heterocycles. The Balaban J connectivity index is 1.98. The fourth-order valence-corrected chi connectivity index (χ4v) is 2.97. The molecule has 0 saturated heterocycles. The van der Waals surface area contributed by atoms with Crippen LogP contribution in [0.1, 0.15) is 19.5 Å². The Hall–Kier alpha value is -2.62. The van der Waals surface area contributed by atoms with E-state index in [0.717, 1.165) is 16.7 Å². The molecular weight excluding hydrogens is 369 g/mol. The van der Waals surface area contributed by atoms with Crippen LogP contribution in [-0.2, 0) is 15.8 Å². The first-order valence-electron chi connectivity index (χ1n) is 7.64. The van der Waals surface area contributed by atoms with Gasteiger partial charge >= 0.3 is 6.18 Å². The number of rotatable bonds is 6. The van der Waals surface area contributed by atoms with Gasteiger partial charge in [0.05, 0.1) is 6.54 Å². The fraction of sp³-hybridized carbons (Fsp3) is 0.312. The Bertz CT molecular complexity index is 775. The van der Waals surface area contributed by atoms with Crippen molar-refractivity contribution in [2.24, 2.45) is 0 Å². The lowest BCUT2D eigenvalue weighted by Crippen LogP contribution is -2.33. The van der Waals surface area contributed by atoms with Crippen LogP contribution in [0.15, 0.2) is 29.6 Å². The van der Waals surface area contributed by atoms with Gasteiger partial charge in [-0.25, -0.2) is 4.98 Å². The number of nitrogens with zero attached hydrogens (tertiary/aromatic N) is 2. The number of thiazole rings is 1. The van der Waals surface area contributed by atoms with Gasteiger partial charge in [0.2, 0.25) is 11.8 Å². The van der Waals surface area contributed by atoms with Crippen LogP contribution in [0, 0.1) is 0 Å². The van der Waals surface area contributed by atoms with Gasteiger partial charge < -0.3 is 15.5 Å². The van der Waals surface area contributed by atoms with Crippen LogP contribution >= 0.6 is 11.3 Å². The molecular formula is C16H17F3N4O2S. The lowest BCUT2D eigenvalue weighted by Gasteiger charge is -2.19. The van der Waals surface area contributed by atoms with Crippen molar-refractivity contribution in [3.63, 3.8) is 0 Å². The van der Waals surface area contributed by atoms with E-state index >= 15 is 0 Å². The first-order chi connectivity index (χ1) is 12.2. The quantitative estimate of drug-likeness (QED) is 0.796.